The van der Waals surface area contributed by atoms with Crippen LogP contribution in [0.25, 0.3) is 0 Å². The minimum Gasteiger partial charge on any atom is -0.300 e. The van der Waals surface area contributed by atoms with E-state index >= 15 is 0 Å². The van der Waals surface area contributed by atoms with Crippen LogP contribution in [0.5, 0.6) is 0 Å². The molecule has 2 heterocycles. The Bertz CT molecular complexity index is 398. The van der Waals surface area contributed by atoms with Crippen LogP contribution in [0.15, 0.2) is 12.3 Å². The normalized spacial score (nSPS) is 26.6. The van der Waals surface area contributed by atoms with Crippen molar-refractivity contribution in [1.82, 2.24) is 14.9 Å². The number of aromatic nitrogens is 2. The van der Waals surface area contributed by atoms with E-state index < -0.39 is 0 Å². The summed E-state index contributed by atoms with van der Waals surface area (Å²) in [5, 5.41) is 0. The zero-order chi connectivity index (χ0) is 12.4. The molecular formula is C15H23N3. The average Bonchev–Trinajstić information content (AvgIpc) is 2.93. The molecule has 0 N–H and O–H groups in total. The van der Waals surface area contributed by atoms with Gasteiger partial charge in [0.25, 0.3) is 0 Å². The van der Waals surface area contributed by atoms with E-state index in [9.17, 15) is 0 Å². The standard InChI is InChI=1S/C15H23N3/c1-12-16-9-8-15(17-12)13-5-4-10-18(11-13)14-6-2-3-7-14/h8-9,13-14H,2-7,10-11H2,1H3/t13-/m1/s1. The molecule has 0 bridgehead atoms. The first kappa shape index (κ1) is 12.1. The van der Waals surface area contributed by atoms with Crippen LogP contribution in [0.3, 0.4) is 0 Å². The van der Waals surface area contributed by atoms with E-state index in [4.69, 9.17) is 0 Å². The van der Waals surface area contributed by atoms with E-state index in [0.717, 1.165) is 11.9 Å². The van der Waals surface area contributed by atoms with Gasteiger partial charge in [0, 0.05) is 30.4 Å². The molecule has 1 aliphatic heterocycles. The van der Waals surface area contributed by atoms with Crippen LogP contribution in [0.4, 0.5) is 0 Å². The molecule has 2 aliphatic rings. The molecule has 3 nitrogen and oxygen atoms in total. The van der Waals surface area contributed by atoms with Gasteiger partial charge in [-0.3, -0.25) is 4.90 Å². The fourth-order valence-corrected chi connectivity index (χ4v) is 3.55. The highest BCUT2D eigenvalue weighted by atomic mass is 15.2. The molecule has 1 saturated carbocycles. The average molecular weight is 245 g/mol. The maximum absolute atomic E-state index is 4.62. The largest absolute Gasteiger partial charge is 0.300 e. The summed E-state index contributed by atoms with van der Waals surface area (Å²) < 4.78 is 0. The van der Waals surface area contributed by atoms with Gasteiger partial charge in [0.2, 0.25) is 0 Å². The number of aryl methyl sites for hydroxylation is 1. The van der Waals surface area contributed by atoms with E-state index in [1.165, 1.54) is 57.3 Å². The number of piperidine rings is 1. The van der Waals surface area contributed by atoms with Crippen molar-refractivity contribution < 1.29 is 0 Å². The Labute approximate surface area is 110 Å². The van der Waals surface area contributed by atoms with Crippen molar-refractivity contribution in [1.29, 1.82) is 0 Å². The molecule has 1 aromatic heterocycles. The molecule has 18 heavy (non-hydrogen) atoms. The summed E-state index contributed by atoms with van der Waals surface area (Å²) in [5.41, 5.74) is 1.25. The Balaban J connectivity index is 1.69. The van der Waals surface area contributed by atoms with Gasteiger partial charge in [-0.1, -0.05) is 12.8 Å². The number of nitrogens with zero attached hydrogens (tertiary/aromatic N) is 3. The number of hydrogen-bond donors (Lipinski definition) is 0. The lowest BCUT2D eigenvalue weighted by Gasteiger charge is -2.36. The van der Waals surface area contributed by atoms with Crippen molar-refractivity contribution in [3.05, 3.63) is 23.8 Å². The second kappa shape index (κ2) is 5.35. The Morgan fingerprint density at radius 2 is 2.00 bits per heavy atom. The lowest BCUT2D eigenvalue weighted by molar-refractivity contribution is 0.149. The second-order valence-electron chi connectivity index (χ2n) is 5.80. The van der Waals surface area contributed by atoms with E-state index in [1.54, 1.807) is 0 Å². The predicted octanol–water partition coefficient (Wildman–Crippen LogP) is 2.91. The van der Waals surface area contributed by atoms with Gasteiger partial charge in [0.05, 0.1) is 0 Å². The third kappa shape index (κ3) is 2.56. The molecule has 0 radical (unpaired) electrons. The van der Waals surface area contributed by atoms with Gasteiger partial charge in [0.15, 0.2) is 0 Å². The Hall–Kier alpha value is -0.960. The van der Waals surface area contributed by atoms with Crippen LogP contribution in [0, 0.1) is 6.92 Å². The number of rotatable bonds is 2. The van der Waals surface area contributed by atoms with Crippen LogP contribution >= 0.6 is 0 Å². The second-order valence-corrected chi connectivity index (χ2v) is 5.80. The molecule has 3 heteroatoms. The minimum atomic E-state index is 0.626. The summed E-state index contributed by atoms with van der Waals surface area (Å²) >= 11 is 0. The third-order valence-corrected chi connectivity index (χ3v) is 4.51. The van der Waals surface area contributed by atoms with Crippen LogP contribution in [0.2, 0.25) is 0 Å². The predicted molar refractivity (Wildman–Crippen MR) is 72.6 cm³/mol. The van der Waals surface area contributed by atoms with Gasteiger partial charge in [-0.05, 0) is 45.2 Å². The lowest BCUT2D eigenvalue weighted by atomic mass is 9.93. The topological polar surface area (TPSA) is 29.0 Å². The molecule has 0 unspecified atom stereocenters. The molecule has 1 atom stereocenters. The molecule has 0 aromatic carbocycles. The zero-order valence-electron chi connectivity index (χ0n) is 11.3. The summed E-state index contributed by atoms with van der Waals surface area (Å²) in [6.07, 6.45) is 10.2. The van der Waals surface area contributed by atoms with Crippen molar-refractivity contribution in [2.24, 2.45) is 0 Å². The van der Waals surface area contributed by atoms with E-state index in [1.807, 2.05) is 13.1 Å². The third-order valence-electron chi connectivity index (χ3n) is 4.51. The van der Waals surface area contributed by atoms with E-state index in [-0.39, 0.29) is 0 Å². The van der Waals surface area contributed by atoms with Crippen LogP contribution < -0.4 is 0 Å². The monoisotopic (exact) mass is 245 g/mol. The van der Waals surface area contributed by atoms with Crippen molar-refractivity contribution in [3.8, 4) is 0 Å². The minimum absolute atomic E-state index is 0.626. The first-order valence-corrected chi connectivity index (χ1v) is 7.36. The SMILES string of the molecule is Cc1nccc([C@@H]2CCCN(C3CCCC3)C2)n1. The molecule has 3 rings (SSSR count). The summed E-state index contributed by atoms with van der Waals surface area (Å²) in [6, 6.07) is 2.96. The summed E-state index contributed by atoms with van der Waals surface area (Å²) in [6.45, 7) is 4.49. The van der Waals surface area contributed by atoms with Crippen LogP contribution in [0.1, 0.15) is 56.0 Å². The fourth-order valence-electron chi connectivity index (χ4n) is 3.55. The van der Waals surface area contributed by atoms with Crippen LogP contribution in [-0.2, 0) is 0 Å². The van der Waals surface area contributed by atoms with E-state index in [2.05, 4.69) is 20.9 Å². The Morgan fingerprint density at radius 3 is 2.78 bits per heavy atom. The van der Waals surface area contributed by atoms with E-state index in [0.29, 0.717) is 5.92 Å². The molecule has 1 aromatic rings. The van der Waals surface area contributed by atoms with Gasteiger partial charge in [0.1, 0.15) is 5.82 Å². The van der Waals surface area contributed by atoms with Crippen LogP contribution in [-0.4, -0.2) is 34.0 Å². The fraction of sp³-hybridized carbons (Fsp3) is 0.733. The Kier molecular flexibility index (Phi) is 3.59. The summed E-state index contributed by atoms with van der Waals surface area (Å²) in [4.78, 5) is 11.5. The molecule has 2 fully saturated rings. The maximum Gasteiger partial charge on any atom is 0.125 e. The zero-order valence-corrected chi connectivity index (χ0v) is 11.3. The highest BCUT2D eigenvalue weighted by molar-refractivity contribution is 5.10. The van der Waals surface area contributed by atoms with Crippen molar-refractivity contribution >= 4 is 0 Å². The van der Waals surface area contributed by atoms with Gasteiger partial charge >= 0.3 is 0 Å². The first-order valence-electron chi connectivity index (χ1n) is 7.36. The summed E-state index contributed by atoms with van der Waals surface area (Å²) in [7, 11) is 0. The van der Waals surface area contributed by atoms with Crippen molar-refractivity contribution in [2.45, 2.75) is 57.4 Å². The van der Waals surface area contributed by atoms with Gasteiger partial charge in [-0.25, -0.2) is 9.97 Å². The highest BCUT2D eigenvalue weighted by Crippen LogP contribution is 2.31. The lowest BCUT2D eigenvalue weighted by Crippen LogP contribution is -2.40. The van der Waals surface area contributed by atoms with Gasteiger partial charge in [-0.2, -0.15) is 0 Å². The highest BCUT2D eigenvalue weighted by Gasteiger charge is 2.28. The smallest absolute Gasteiger partial charge is 0.125 e. The number of hydrogen-bond acceptors (Lipinski definition) is 3. The maximum atomic E-state index is 4.62. The molecule has 0 spiro atoms. The van der Waals surface area contributed by atoms with Gasteiger partial charge in [-0.15, -0.1) is 0 Å². The molecule has 1 saturated heterocycles. The molecule has 0 amide bonds. The first-order chi connectivity index (χ1) is 8.83. The van der Waals surface area contributed by atoms with Crippen molar-refractivity contribution in [3.63, 3.8) is 0 Å². The van der Waals surface area contributed by atoms with Crippen molar-refractivity contribution in [2.75, 3.05) is 13.1 Å². The number of likely N-dealkylation sites (tertiary alicyclic amines) is 1. The summed E-state index contributed by atoms with van der Waals surface area (Å²) in [5.74, 6) is 1.53. The quantitative estimate of drug-likeness (QED) is 0.802. The van der Waals surface area contributed by atoms with Gasteiger partial charge < -0.3 is 0 Å². The Morgan fingerprint density at radius 1 is 1.17 bits per heavy atom. The molecular weight excluding hydrogens is 222 g/mol. The molecule has 98 valence electrons. The molecule has 1 aliphatic carbocycles.